The average Bonchev–Trinajstić information content (AvgIpc) is 2.83. The first-order valence-electron chi connectivity index (χ1n) is 6.99. The van der Waals surface area contributed by atoms with Gasteiger partial charge in [0.1, 0.15) is 0 Å². The van der Waals surface area contributed by atoms with E-state index in [4.69, 9.17) is 9.47 Å². The normalized spacial score (nSPS) is 20.8. The van der Waals surface area contributed by atoms with Gasteiger partial charge in [0.15, 0.2) is 11.5 Å². The second kappa shape index (κ2) is 6.31. The van der Waals surface area contributed by atoms with Crippen molar-refractivity contribution in [2.24, 2.45) is 5.10 Å². The van der Waals surface area contributed by atoms with Gasteiger partial charge in [-0.05, 0) is 24.6 Å². The Morgan fingerprint density at radius 2 is 1.96 bits per heavy atom. The minimum absolute atomic E-state index is 0.0236. The second-order valence-corrected chi connectivity index (χ2v) is 5.40. The standard InChI is InChI=1S/C15H17F3N2O4/c1-9-8-14(22,15(16,17)18)20(19-9)13(21)7-10-4-5-11(23-2)12(6-10)24-3/h4-6,22H,7-8H2,1-3H3/t14-/m0/s1. The summed E-state index contributed by atoms with van der Waals surface area (Å²) >= 11 is 0. The zero-order valence-electron chi connectivity index (χ0n) is 13.3. The lowest BCUT2D eigenvalue weighted by atomic mass is 10.1. The van der Waals surface area contributed by atoms with Crippen LogP contribution in [-0.4, -0.2) is 47.9 Å². The largest absolute Gasteiger partial charge is 0.493 e. The van der Waals surface area contributed by atoms with E-state index in [1.165, 1.54) is 39.3 Å². The number of rotatable bonds is 4. The van der Waals surface area contributed by atoms with E-state index >= 15 is 0 Å². The number of nitrogens with zero attached hydrogens (tertiary/aromatic N) is 2. The van der Waals surface area contributed by atoms with Gasteiger partial charge >= 0.3 is 6.18 Å². The molecule has 0 aromatic heterocycles. The van der Waals surface area contributed by atoms with E-state index < -0.39 is 24.2 Å². The fourth-order valence-corrected chi connectivity index (χ4v) is 2.44. The van der Waals surface area contributed by atoms with Gasteiger partial charge in [0.25, 0.3) is 5.72 Å². The minimum atomic E-state index is -5.01. The molecule has 1 amide bonds. The summed E-state index contributed by atoms with van der Waals surface area (Å²) in [6.45, 7) is 1.32. The third-order valence-corrected chi connectivity index (χ3v) is 3.62. The summed E-state index contributed by atoms with van der Waals surface area (Å²) < 4.78 is 49.5. The Morgan fingerprint density at radius 3 is 2.50 bits per heavy atom. The quantitative estimate of drug-likeness (QED) is 0.906. The van der Waals surface area contributed by atoms with E-state index in [1.807, 2.05) is 0 Å². The highest BCUT2D eigenvalue weighted by Crippen LogP contribution is 2.40. The van der Waals surface area contributed by atoms with Gasteiger partial charge in [-0.3, -0.25) is 4.79 Å². The van der Waals surface area contributed by atoms with Gasteiger partial charge < -0.3 is 14.6 Å². The van der Waals surface area contributed by atoms with Crippen LogP contribution in [0.1, 0.15) is 18.9 Å². The molecule has 1 aliphatic rings. The summed E-state index contributed by atoms with van der Waals surface area (Å²) in [5, 5.41) is 13.6. The molecule has 132 valence electrons. The fourth-order valence-electron chi connectivity index (χ4n) is 2.44. The van der Waals surface area contributed by atoms with Gasteiger partial charge in [-0.15, -0.1) is 0 Å². The van der Waals surface area contributed by atoms with Crippen LogP contribution < -0.4 is 9.47 Å². The number of hydrazone groups is 1. The van der Waals surface area contributed by atoms with Gasteiger partial charge in [0.05, 0.1) is 20.6 Å². The number of methoxy groups -OCH3 is 2. The van der Waals surface area contributed by atoms with Crippen LogP contribution in [0.15, 0.2) is 23.3 Å². The summed E-state index contributed by atoms with van der Waals surface area (Å²) in [5.41, 5.74) is -2.89. The van der Waals surface area contributed by atoms with Crippen LogP contribution in [0.4, 0.5) is 13.2 Å². The topological polar surface area (TPSA) is 71.4 Å². The molecular weight excluding hydrogens is 329 g/mol. The van der Waals surface area contributed by atoms with E-state index in [-0.39, 0.29) is 17.1 Å². The minimum Gasteiger partial charge on any atom is -0.493 e. The number of aliphatic hydroxyl groups is 1. The van der Waals surface area contributed by atoms with E-state index in [2.05, 4.69) is 5.10 Å². The summed E-state index contributed by atoms with van der Waals surface area (Å²) in [7, 11) is 2.84. The highest BCUT2D eigenvalue weighted by molar-refractivity contribution is 5.89. The maximum absolute atomic E-state index is 13.1. The Hall–Kier alpha value is -2.29. The van der Waals surface area contributed by atoms with Crippen molar-refractivity contribution in [2.45, 2.75) is 31.7 Å². The van der Waals surface area contributed by atoms with Crippen molar-refractivity contribution in [1.82, 2.24) is 5.01 Å². The van der Waals surface area contributed by atoms with Crippen LogP contribution in [0.5, 0.6) is 11.5 Å². The van der Waals surface area contributed by atoms with E-state index in [1.54, 1.807) is 0 Å². The first-order valence-corrected chi connectivity index (χ1v) is 6.99. The first-order chi connectivity index (χ1) is 11.1. The molecule has 1 atom stereocenters. The maximum Gasteiger partial charge on any atom is 0.438 e. The highest BCUT2D eigenvalue weighted by atomic mass is 19.4. The predicted molar refractivity (Wildman–Crippen MR) is 78.8 cm³/mol. The SMILES string of the molecule is COc1ccc(CC(=O)N2N=C(C)C[C@]2(O)C(F)(F)F)cc1OC. The van der Waals surface area contributed by atoms with Crippen molar-refractivity contribution in [2.75, 3.05) is 14.2 Å². The Balaban J connectivity index is 2.26. The van der Waals surface area contributed by atoms with E-state index in [9.17, 15) is 23.1 Å². The zero-order valence-corrected chi connectivity index (χ0v) is 13.3. The van der Waals surface area contributed by atoms with Crippen molar-refractivity contribution < 1.29 is 32.5 Å². The Morgan fingerprint density at radius 1 is 1.33 bits per heavy atom. The van der Waals surface area contributed by atoms with Crippen LogP contribution in [0.2, 0.25) is 0 Å². The number of hydrogen-bond donors (Lipinski definition) is 1. The molecule has 0 spiro atoms. The third-order valence-electron chi connectivity index (χ3n) is 3.62. The lowest BCUT2D eigenvalue weighted by Crippen LogP contribution is -2.57. The molecule has 24 heavy (non-hydrogen) atoms. The predicted octanol–water partition coefficient (Wildman–Crippen LogP) is 2.11. The Kier molecular flexibility index (Phi) is 4.75. The van der Waals surface area contributed by atoms with Crippen LogP contribution in [0, 0.1) is 0 Å². The van der Waals surface area contributed by atoms with Crippen molar-refractivity contribution in [3.8, 4) is 11.5 Å². The maximum atomic E-state index is 13.1. The summed E-state index contributed by atoms with van der Waals surface area (Å²) in [6, 6.07) is 4.55. The van der Waals surface area contributed by atoms with Crippen molar-refractivity contribution in [3.05, 3.63) is 23.8 Å². The highest BCUT2D eigenvalue weighted by Gasteiger charge is 2.62. The number of benzene rings is 1. The zero-order chi connectivity index (χ0) is 18.1. The van der Waals surface area contributed by atoms with Crippen molar-refractivity contribution >= 4 is 11.6 Å². The number of halogens is 3. The molecule has 1 heterocycles. The molecule has 6 nitrogen and oxygen atoms in total. The van der Waals surface area contributed by atoms with Gasteiger partial charge in [0.2, 0.25) is 5.91 Å². The molecule has 0 saturated heterocycles. The van der Waals surface area contributed by atoms with Crippen LogP contribution in [-0.2, 0) is 11.2 Å². The van der Waals surface area contributed by atoms with Gasteiger partial charge in [-0.1, -0.05) is 6.07 Å². The number of carbonyl (C=O) groups is 1. The number of alkyl halides is 3. The average molecular weight is 346 g/mol. The van der Waals surface area contributed by atoms with E-state index in [0.29, 0.717) is 17.1 Å². The monoisotopic (exact) mass is 346 g/mol. The number of carbonyl (C=O) groups excluding carboxylic acids is 1. The van der Waals surface area contributed by atoms with Crippen LogP contribution in [0.3, 0.4) is 0 Å². The Labute approximate surface area is 136 Å². The molecule has 1 aliphatic heterocycles. The Bertz CT molecular complexity index is 675. The molecule has 0 radical (unpaired) electrons. The molecule has 1 aromatic carbocycles. The molecule has 0 unspecified atom stereocenters. The number of ether oxygens (including phenoxy) is 2. The lowest BCUT2D eigenvalue weighted by molar-refractivity contribution is -0.302. The smallest absolute Gasteiger partial charge is 0.438 e. The van der Waals surface area contributed by atoms with Gasteiger partial charge in [-0.25, -0.2) is 0 Å². The van der Waals surface area contributed by atoms with Crippen LogP contribution in [0.25, 0.3) is 0 Å². The summed E-state index contributed by atoms with van der Waals surface area (Å²) in [4.78, 5) is 12.3. The molecule has 9 heteroatoms. The molecule has 1 N–H and O–H groups in total. The fraction of sp³-hybridized carbons (Fsp3) is 0.467. The van der Waals surface area contributed by atoms with Gasteiger partial charge in [0, 0.05) is 12.1 Å². The first kappa shape index (κ1) is 18.1. The van der Waals surface area contributed by atoms with Crippen molar-refractivity contribution in [1.29, 1.82) is 0 Å². The second-order valence-electron chi connectivity index (χ2n) is 5.40. The molecule has 0 fully saturated rings. The molecule has 0 bridgehead atoms. The van der Waals surface area contributed by atoms with Crippen LogP contribution >= 0.6 is 0 Å². The number of hydrogen-bond acceptors (Lipinski definition) is 5. The summed E-state index contributed by atoms with van der Waals surface area (Å²) in [6.07, 6.45) is -6.16. The third kappa shape index (κ3) is 3.16. The molecule has 0 saturated carbocycles. The lowest BCUT2D eigenvalue weighted by Gasteiger charge is -2.32. The van der Waals surface area contributed by atoms with E-state index in [0.717, 1.165) is 0 Å². The summed E-state index contributed by atoms with van der Waals surface area (Å²) in [5.74, 6) is -0.204. The van der Waals surface area contributed by atoms with Crippen molar-refractivity contribution in [3.63, 3.8) is 0 Å². The molecule has 1 aromatic rings. The van der Waals surface area contributed by atoms with Gasteiger partial charge in [-0.2, -0.15) is 23.3 Å². The molecular formula is C15H17F3N2O4. The molecule has 0 aliphatic carbocycles. The number of amides is 1. The molecule has 2 rings (SSSR count).